The fourth-order valence-electron chi connectivity index (χ4n) is 7.29. The summed E-state index contributed by atoms with van der Waals surface area (Å²) >= 11 is 0. The van der Waals surface area contributed by atoms with Crippen molar-refractivity contribution < 1.29 is 13.9 Å². The first-order chi connectivity index (χ1) is 20.0. The van der Waals surface area contributed by atoms with Gasteiger partial charge >= 0.3 is 0 Å². The first-order valence-corrected chi connectivity index (χ1v) is 15.4. The van der Waals surface area contributed by atoms with Crippen molar-refractivity contribution in [2.75, 3.05) is 57.4 Å². The Kier molecular flexibility index (Phi) is 7.89. The first kappa shape index (κ1) is 29.2. The number of carbonyl (C=O) groups excluding carboxylic acids is 1. The number of piperazine rings is 1. The summed E-state index contributed by atoms with van der Waals surface area (Å²) in [7, 11) is 0. The number of benzene rings is 1. The van der Waals surface area contributed by atoms with Crippen molar-refractivity contribution in [1.29, 1.82) is 0 Å². The van der Waals surface area contributed by atoms with Crippen LogP contribution in [0.15, 0.2) is 30.3 Å². The van der Waals surface area contributed by atoms with E-state index in [0.717, 1.165) is 78.9 Å². The van der Waals surface area contributed by atoms with Gasteiger partial charge in [-0.3, -0.25) is 19.0 Å². The zero-order valence-corrected chi connectivity index (χ0v) is 25.9. The summed E-state index contributed by atoms with van der Waals surface area (Å²) in [6.07, 6.45) is 0.639. The minimum absolute atomic E-state index is 0.137. The highest BCUT2D eigenvalue weighted by Gasteiger charge is 2.42. The van der Waals surface area contributed by atoms with Crippen LogP contribution in [0.4, 0.5) is 10.1 Å². The van der Waals surface area contributed by atoms with E-state index in [2.05, 4.69) is 60.2 Å². The molecule has 226 valence electrons. The summed E-state index contributed by atoms with van der Waals surface area (Å²) in [6.45, 7) is 19.1. The second kappa shape index (κ2) is 11.3. The number of morpholine rings is 1. The summed E-state index contributed by atoms with van der Waals surface area (Å²) in [5, 5.41) is 3.64. The maximum absolute atomic E-state index is 14.3. The van der Waals surface area contributed by atoms with Gasteiger partial charge in [-0.2, -0.15) is 0 Å². The molecule has 0 bridgehead atoms. The van der Waals surface area contributed by atoms with Crippen molar-refractivity contribution in [3.8, 4) is 0 Å². The van der Waals surface area contributed by atoms with Gasteiger partial charge in [-0.1, -0.05) is 26.0 Å². The third-order valence-electron chi connectivity index (χ3n) is 9.41. The van der Waals surface area contributed by atoms with Crippen LogP contribution in [0.3, 0.4) is 0 Å². The number of pyridine rings is 1. The van der Waals surface area contributed by atoms with Gasteiger partial charge in [-0.05, 0) is 63.4 Å². The van der Waals surface area contributed by atoms with E-state index in [0.29, 0.717) is 31.6 Å². The zero-order chi connectivity index (χ0) is 29.8. The molecule has 6 rings (SSSR count). The number of aryl methyl sites for hydroxylation is 2. The molecule has 0 spiro atoms. The minimum Gasteiger partial charge on any atom is -0.379 e. The van der Waals surface area contributed by atoms with Gasteiger partial charge in [0.1, 0.15) is 11.6 Å². The van der Waals surface area contributed by atoms with Gasteiger partial charge in [0.05, 0.1) is 42.4 Å². The Hall–Kier alpha value is -2.85. The normalized spacial score (nSPS) is 24.8. The van der Waals surface area contributed by atoms with Crippen LogP contribution in [0.5, 0.6) is 0 Å². The lowest BCUT2D eigenvalue weighted by Crippen LogP contribution is -2.62. The number of amides is 1. The van der Waals surface area contributed by atoms with Crippen molar-refractivity contribution in [1.82, 2.24) is 24.5 Å². The lowest BCUT2D eigenvalue weighted by molar-refractivity contribution is -0.121. The van der Waals surface area contributed by atoms with E-state index in [1.165, 1.54) is 12.1 Å². The standard InChI is InChI=1S/C33H45FN6O2/c1-21-16-38(28(15-35-21)17-37-11-12-42-19-22(37)2)18-30(41)39-20-33(5,6)32-29(39)14-26(13-25-7-9-27(34)10-8-25)31-23(3)36-24(4)40(31)32/h7-10,14,21-22,28,35H,11-13,15-20H2,1-6H3/t21-,22-,28-/m1/s1. The molecule has 2 fully saturated rings. The van der Waals surface area contributed by atoms with Crippen LogP contribution in [0.1, 0.15) is 56.0 Å². The van der Waals surface area contributed by atoms with Crippen LogP contribution >= 0.6 is 0 Å². The Balaban J connectivity index is 1.33. The first-order valence-electron chi connectivity index (χ1n) is 15.4. The molecule has 2 saturated heterocycles. The number of rotatable bonds is 6. The van der Waals surface area contributed by atoms with Crippen molar-refractivity contribution in [3.63, 3.8) is 0 Å². The molecule has 1 amide bonds. The van der Waals surface area contributed by atoms with Crippen molar-refractivity contribution in [3.05, 3.63) is 64.5 Å². The predicted molar refractivity (Wildman–Crippen MR) is 164 cm³/mol. The Morgan fingerprint density at radius 1 is 1.17 bits per heavy atom. The third kappa shape index (κ3) is 5.48. The largest absolute Gasteiger partial charge is 0.379 e. The van der Waals surface area contributed by atoms with Crippen LogP contribution < -0.4 is 10.2 Å². The molecule has 9 heteroatoms. The van der Waals surface area contributed by atoms with Crippen molar-refractivity contribution >= 4 is 17.1 Å². The quantitative estimate of drug-likeness (QED) is 0.483. The van der Waals surface area contributed by atoms with E-state index < -0.39 is 0 Å². The van der Waals surface area contributed by atoms with Crippen molar-refractivity contribution in [2.45, 2.75) is 71.5 Å². The molecule has 0 radical (unpaired) electrons. The van der Waals surface area contributed by atoms with Gasteiger partial charge in [0, 0.05) is 56.3 Å². The van der Waals surface area contributed by atoms with Crippen molar-refractivity contribution in [2.24, 2.45) is 0 Å². The Morgan fingerprint density at radius 3 is 2.67 bits per heavy atom. The molecule has 5 heterocycles. The molecule has 3 aliphatic heterocycles. The predicted octanol–water partition coefficient (Wildman–Crippen LogP) is 3.69. The van der Waals surface area contributed by atoms with E-state index in [4.69, 9.17) is 9.72 Å². The highest BCUT2D eigenvalue weighted by Crippen LogP contribution is 2.43. The van der Waals surface area contributed by atoms with Crippen LogP contribution in [0, 0.1) is 19.7 Å². The number of nitrogens with one attached hydrogen (secondary N) is 1. The Bertz CT molecular complexity index is 1470. The van der Waals surface area contributed by atoms with Crippen LogP contribution in [0.2, 0.25) is 0 Å². The topological polar surface area (TPSA) is 65.4 Å². The van der Waals surface area contributed by atoms with E-state index in [1.807, 2.05) is 24.0 Å². The molecule has 8 nitrogen and oxygen atoms in total. The smallest absolute Gasteiger partial charge is 0.241 e. The van der Waals surface area contributed by atoms with Crippen LogP contribution in [-0.4, -0.2) is 95.7 Å². The highest BCUT2D eigenvalue weighted by molar-refractivity contribution is 5.98. The number of aromatic nitrogens is 2. The number of halogens is 1. The second-order valence-electron chi connectivity index (χ2n) is 13.3. The average molecular weight is 577 g/mol. The number of carbonyl (C=O) groups is 1. The minimum atomic E-state index is -0.241. The lowest BCUT2D eigenvalue weighted by Gasteiger charge is -2.43. The molecule has 3 aromatic rings. The summed E-state index contributed by atoms with van der Waals surface area (Å²) in [6, 6.07) is 9.86. The summed E-state index contributed by atoms with van der Waals surface area (Å²) < 4.78 is 21.6. The van der Waals surface area contributed by atoms with E-state index >= 15 is 0 Å². The molecule has 0 saturated carbocycles. The number of nitrogens with zero attached hydrogens (tertiary/aromatic N) is 5. The molecular weight excluding hydrogens is 531 g/mol. The third-order valence-corrected chi connectivity index (χ3v) is 9.41. The number of anilines is 1. The number of hydrogen-bond acceptors (Lipinski definition) is 6. The maximum atomic E-state index is 14.3. The van der Waals surface area contributed by atoms with Crippen LogP contribution in [0.25, 0.3) is 5.52 Å². The highest BCUT2D eigenvalue weighted by atomic mass is 19.1. The fourth-order valence-corrected chi connectivity index (χ4v) is 7.29. The van der Waals surface area contributed by atoms with E-state index in [-0.39, 0.29) is 23.2 Å². The fraction of sp³-hybridized carbons (Fsp3) is 0.576. The van der Waals surface area contributed by atoms with Gasteiger partial charge in [0.15, 0.2) is 0 Å². The van der Waals surface area contributed by atoms with Gasteiger partial charge in [-0.15, -0.1) is 0 Å². The number of ether oxygens (including phenoxy) is 1. The average Bonchev–Trinajstić information content (AvgIpc) is 3.39. The Labute approximate surface area is 248 Å². The lowest BCUT2D eigenvalue weighted by atomic mass is 9.90. The molecule has 42 heavy (non-hydrogen) atoms. The molecule has 0 aliphatic carbocycles. The maximum Gasteiger partial charge on any atom is 0.241 e. The van der Waals surface area contributed by atoms with Gasteiger partial charge in [-0.25, -0.2) is 9.37 Å². The van der Waals surface area contributed by atoms with E-state index in [1.54, 1.807) is 0 Å². The van der Waals surface area contributed by atoms with E-state index in [9.17, 15) is 9.18 Å². The zero-order valence-electron chi connectivity index (χ0n) is 25.9. The summed E-state index contributed by atoms with van der Waals surface area (Å²) in [5.74, 6) is 0.826. The molecule has 1 N–H and O–H groups in total. The molecule has 3 atom stereocenters. The molecular formula is C33H45FN6O2. The summed E-state index contributed by atoms with van der Waals surface area (Å²) in [5.41, 5.74) is 6.06. The van der Waals surface area contributed by atoms with Gasteiger partial charge < -0.3 is 15.0 Å². The number of fused-ring (bicyclic) bond motifs is 3. The number of hydrogen-bond donors (Lipinski definition) is 1. The van der Waals surface area contributed by atoms with Gasteiger partial charge in [0.2, 0.25) is 5.91 Å². The molecule has 3 aliphatic rings. The SMILES string of the molecule is Cc1nc(C)n2c3c(cc(Cc4ccc(F)cc4)c12)N(C(=O)CN1C[C@@H](C)NC[C@@H]1CN1CCOC[C@H]1C)CC3(C)C. The summed E-state index contributed by atoms with van der Waals surface area (Å²) in [4.78, 5) is 26.0. The van der Waals surface area contributed by atoms with Crippen LogP contribution in [-0.2, 0) is 21.4 Å². The van der Waals surface area contributed by atoms with Gasteiger partial charge in [0.25, 0.3) is 0 Å². The number of imidazole rings is 1. The molecule has 1 aromatic carbocycles. The second-order valence-corrected chi connectivity index (χ2v) is 13.3. The monoisotopic (exact) mass is 576 g/mol. The molecule has 2 aromatic heterocycles. The molecule has 0 unspecified atom stereocenters. The Morgan fingerprint density at radius 2 is 1.93 bits per heavy atom.